The molecule has 7 heavy (non-hydrogen) atoms. The van der Waals surface area contributed by atoms with Gasteiger partial charge >= 0.3 is 0 Å². The SMILES string of the molecule is CCO.ClCCCl. The Bertz CT molecular complexity index is 17.2. The predicted octanol–water partition coefficient (Wildman–Crippen LogP) is 1.46. The molecule has 0 saturated carbocycles. The molecule has 0 atom stereocenters. The first-order chi connectivity index (χ1) is 3.33. The predicted molar refractivity (Wildman–Crippen MR) is 34.2 cm³/mol. The second-order valence-electron chi connectivity index (χ2n) is 0.694. The van der Waals surface area contributed by atoms with Crippen LogP contribution in [0.3, 0.4) is 0 Å². The Balaban J connectivity index is 0. The van der Waals surface area contributed by atoms with Gasteiger partial charge in [-0.2, -0.15) is 0 Å². The highest BCUT2D eigenvalue weighted by Crippen LogP contribution is 1.75. The Hall–Kier alpha value is 0.540. The number of rotatable bonds is 1. The normalized spacial score (nSPS) is 6.86. The third kappa shape index (κ3) is 56.8. The molecule has 0 spiro atoms. The lowest BCUT2D eigenvalue weighted by atomic mass is 10.9. The molecular weight excluding hydrogens is 135 g/mol. The molecule has 1 N–H and O–H groups in total. The quantitative estimate of drug-likeness (QED) is 0.554. The van der Waals surface area contributed by atoms with Gasteiger partial charge in [0.15, 0.2) is 0 Å². The van der Waals surface area contributed by atoms with Crippen molar-refractivity contribution in [3.8, 4) is 0 Å². The molecule has 0 aromatic heterocycles. The highest BCUT2D eigenvalue weighted by molar-refractivity contribution is 6.25. The van der Waals surface area contributed by atoms with E-state index in [1.165, 1.54) is 0 Å². The fourth-order valence-corrected chi connectivity index (χ4v) is 0. The molecule has 0 unspecified atom stereocenters. The molecule has 0 saturated heterocycles. The summed E-state index contributed by atoms with van der Waals surface area (Å²) in [6.07, 6.45) is 0. The number of halogens is 2. The van der Waals surface area contributed by atoms with Crippen LogP contribution in [-0.4, -0.2) is 23.5 Å². The largest absolute Gasteiger partial charge is 0.397 e. The number of aliphatic hydroxyl groups excluding tert-OH is 1. The van der Waals surface area contributed by atoms with Gasteiger partial charge in [0.2, 0.25) is 0 Å². The molecule has 0 aliphatic heterocycles. The van der Waals surface area contributed by atoms with Crippen LogP contribution in [-0.2, 0) is 0 Å². The zero-order chi connectivity index (χ0) is 6.12. The van der Waals surface area contributed by atoms with Crippen molar-refractivity contribution in [1.29, 1.82) is 0 Å². The lowest BCUT2D eigenvalue weighted by molar-refractivity contribution is 0.318. The number of aliphatic hydroxyl groups is 1. The topological polar surface area (TPSA) is 20.2 Å². The summed E-state index contributed by atoms with van der Waals surface area (Å²) in [5.41, 5.74) is 0. The van der Waals surface area contributed by atoms with E-state index in [2.05, 4.69) is 0 Å². The first-order valence-electron chi connectivity index (χ1n) is 2.06. The first-order valence-corrected chi connectivity index (χ1v) is 3.13. The van der Waals surface area contributed by atoms with Crippen LogP contribution in [0, 0.1) is 0 Å². The Kier molecular flexibility index (Phi) is 24.0. The summed E-state index contributed by atoms with van der Waals surface area (Å²) in [7, 11) is 0. The summed E-state index contributed by atoms with van der Waals surface area (Å²) in [4.78, 5) is 0. The lowest BCUT2D eigenvalue weighted by Gasteiger charge is -1.63. The molecule has 46 valence electrons. The minimum atomic E-state index is 0.250. The second kappa shape index (κ2) is 16.0. The molecule has 0 heterocycles. The molecule has 0 amide bonds. The van der Waals surface area contributed by atoms with Crippen LogP contribution in [0.15, 0.2) is 0 Å². The molecule has 0 aliphatic rings. The third-order valence-electron chi connectivity index (χ3n) is 0.0714. The van der Waals surface area contributed by atoms with E-state index in [1.807, 2.05) is 0 Å². The van der Waals surface area contributed by atoms with E-state index in [9.17, 15) is 0 Å². The molecule has 0 aromatic carbocycles. The van der Waals surface area contributed by atoms with Gasteiger partial charge in [-0.1, -0.05) is 0 Å². The van der Waals surface area contributed by atoms with Gasteiger partial charge in [-0.15, -0.1) is 23.2 Å². The summed E-state index contributed by atoms with van der Waals surface area (Å²) in [6.45, 7) is 1.93. The first kappa shape index (κ1) is 10.5. The van der Waals surface area contributed by atoms with E-state index in [0.717, 1.165) is 0 Å². The maximum atomic E-state index is 7.57. The zero-order valence-electron chi connectivity index (χ0n) is 4.32. The maximum Gasteiger partial charge on any atom is 0.0402 e. The Morgan fingerprint density at radius 2 is 1.43 bits per heavy atom. The van der Waals surface area contributed by atoms with Crippen molar-refractivity contribution in [2.75, 3.05) is 18.4 Å². The molecule has 0 rings (SSSR count). The number of hydrogen-bond acceptors (Lipinski definition) is 1. The number of alkyl halides is 2. The highest BCUT2D eigenvalue weighted by Gasteiger charge is 1.61. The monoisotopic (exact) mass is 144 g/mol. The summed E-state index contributed by atoms with van der Waals surface area (Å²) in [5, 5.41) is 7.57. The lowest BCUT2D eigenvalue weighted by Crippen LogP contribution is -1.63. The van der Waals surface area contributed by atoms with Crippen molar-refractivity contribution in [2.45, 2.75) is 6.92 Å². The summed E-state index contributed by atoms with van der Waals surface area (Å²) in [6, 6.07) is 0. The summed E-state index contributed by atoms with van der Waals surface area (Å²) in [5.74, 6) is 1.11. The summed E-state index contributed by atoms with van der Waals surface area (Å²) < 4.78 is 0. The standard InChI is InChI=1S/C2H4Cl2.C2H6O/c3-1-2-4;1-2-3/h1-2H2;3H,2H2,1H3. The zero-order valence-corrected chi connectivity index (χ0v) is 5.84. The van der Waals surface area contributed by atoms with E-state index >= 15 is 0 Å². The van der Waals surface area contributed by atoms with Gasteiger partial charge < -0.3 is 5.11 Å². The molecule has 3 heteroatoms. The van der Waals surface area contributed by atoms with Gasteiger partial charge in [0.1, 0.15) is 0 Å². The van der Waals surface area contributed by atoms with Crippen molar-refractivity contribution in [3.05, 3.63) is 0 Å². The Morgan fingerprint density at radius 1 is 1.29 bits per heavy atom. The minimum Gasteiger partial charge on any atom is -0.397 e. The molecule has 0 radical (unpaired) electrons. The van der Waals surface area contributed by atoms with E-state index in [-0.39, 0.29) is 6.61 Å². The van der Waals surface area contributed by atoms with E-state index in [4.69, 9.17) is 28.3 Å². The van der Waals surface area contributed by atoms with Crippen molar-refractivity contribution in [3.63, 3.8) is 0 Å². The molecular formula is C4H10Cl2O. The average molecular weight is 145 g/mol. The van der Waals surface area contributed by atoms with Crippen molar-refractivity contribution in [2.24, 2.45) is 0 Å². The maximum absolute atomic E-state index is 7.57. The van der Waals surface area contributed by atoms with Gasteiger partial charge in [-0.05, 0) is 6.92 Å². The van der Waals surface area contributed by atoms with Crippen LogP contribution in [0.4, 0.5) is 0 Å². The fourth-order valence-electron chi connectivity index (χ4n) is 0. The van der Waals surface area contributed by atoms with Gasteiger partial charge in [0.25, 0.3) is 0 Å². The minimum absolute atomic E-state index is 0.250. The molecule has 0 aromatic rings. The van der Waals surface area contributed by atoms with E-state index in [1.54, 1.807) is 6.92 Å². The van der Waals surface area contributed by atoms with Crippen molar-refractivity contribution >= 4 is 23.2 Å². The molecule has 0 aliphatic carbocycles. The van der Waals surface area contributed by atoms with E-state index in [0.29, 0.717) is 11.8 Å². The van der Waals surface area contributed by atoms with Crippen LogP contribution in [0.25, 0.3) is 0 Å². The third-order valence-corrected chi connectivity index (χ3v) is 0.643. The van der Waals surface area contributed by atoms with Crippen LogP contribution < -0.4 is 0 Å². The summed E-state index contributed by atoms with van der Waals surface area (Å²) >= 11 is 10.1. The fraction of sp³-hybridized carbons (Fsp3) is 1.00. The van der Waals surface area contributed by atoms with Crippen LogP contribution >= 0.6 is 23.2 Å². The van der Waals surface area contributed by atoms with Crippen LogP contribution in [0.2, 0.25) is 0 Å². The molecule has 0 bridgehead atoms. The van der Waals surface area contributed by atoms with Crippen molar-refractivity contribution in [1.82, 2.24) is 0 Å². The average Bonchev–Trinajstić information content (AvgIpc) is 1.69. The molecule has 1 nitrogen and oxygen atoms in total. The second-order valence-corrected chi connectivity index (χ2v) is 1.45. The van der Waals surface area contributed by atoms with Gasteiger partial charge in [-0.3, -0.25) is 0 Å². The van der Waals surface area contributed by atoms with Crippen LogP contribution in [0.5, 0.6) is 0 Å². The highest BCUT2D eigenvalue weighted by atomic mass is 35.5. The van der Waals surface area contributed by atoms with Crippen molar-refractivity contribution < 1.29 is 5.11 Å². The Morgan fingerprint density at radius 3 is 1.43 bits per heavy atom. The Labute approximate surface area is 54.2 Å². The van der Waals surface area contributed by atoms with E-state index < -0.39 is 0 Å². The smallest absolute Gasteiger partial charge is 0.0402 e. The number of hydrogen-bond donors (Lipinski definition) is 1. The molecule has 0 fully saturated rings. The van der Waals surface area contributed by atoms with Gasteiger partial charge in [0.05, 0.1) is 0 Å². The van der Waals surface area contributed by atoms with Crippen LogP contribution in [0.1, 0.15) is 6.92 Å². The van der Waals surface area contributed by atoms with Gasteiger partial charge in [-0.25, -0.2) is 0 Å². The van der Waals surface area contributed by atoms with Gasteiger partial charge in [0, 0.05) is 18.4 Å².